The van der Waals surface area contributed by atoms with Gasteiger partial charge in [0.05, 0.1) is 13.2 Å². The molecule has 4 nitrogen and oxygen atoms in total. The molecule has 120 valence electrons. The Hall–Kier alpha value is -2.43. The number of benzene rings is 1. The molecule has 1 fully saturated rings. The fraction of sp³-hybridized carbons (Fsp3) is 0.333. The lowest BCUT2D eigenvalue weighted by Crippen LogP contribution is -2.37. The van der Waals surface area contributed by atoms with Crippen molar-refractivity contribution in [1.29, 1.82) is 0 Å². The maximum Gasteiger partial charge on any atom is 0.410 e. The predicted octanol–water partition coefficient (Wildman–Crippen LogP) is 3.85. The van der Waals surface area contributed by atoms with Crippen LogP contribution in [0, 0.1) is 19.7 Å². The van der Waals surface area contributed by atoms with E-state index in [0.717, 1.165) is 28.8 Å². The topological polar surface area (TPSA) is 42.4 Å². The molecule has 1 aromatic carbocycles. The average Bonchev–Trinajstić information content (AvgIpc) is 2.54. The lowest BCUT2D eigenvalue weighted by molar-refractivity contribution is 0.0699. The number of cyclic esters (lactones) is 1. The van der Waals surface area contributed by atoms with Gasteiger partial charge in [0.1, 0.15) is 5.82 Å². The van der Waals surface area contributed by atoms with Crippen LogP contribution in [0.4, 0.5) is 9.18 Å². The summed E-state index contributed by atoms with van der Waals surface area (Å²) < 4.78 is 18.5. The molecular formula is C18H19FN2O2. The Morgan fingerprint density at radius 3 is 2.83 bits per heavy atom. The molecule has 1 aliphatic heterocycles. The van der Waals surface area contributed by atoms with Crippen LogP contribution in [-0.2, 0) is 11.3 Å². The van der Waals surface area contributed by atoms with E-state index >= 15 is 0 Å². The van der Waals surface area contributed by atoms with E-state index in [1.165, 1.54) is 6.07 Å². The van der Waals surface area contributed by atoms with Crippen molar-refractivity contribution in [1.82, 2.24) is 9.88 Å². The van der Waals surface area contributed by atoms with Crippen LogP contribution in [0.5, 0.6) is 0 Å². The summed E-state index contributed by atoms with van der Waals surface area (Å²) >= 11 is 0. The fourth-order valence-corrected chi connectivity index (χ4v) is 2.67. The van der Waals surface area contributed by atoms with E-state index in [9.17, 15) is 9.18 Å². The predicted molar refractivity (Wildman–Crippen MR) is 85.5 cm³/mol. The highest BCUT2D eigenvalue weighted by Gasteiger charge is 2.20. The van der Waals surface area contributed by atoms with Crippen molar-refractivity contribution in [3.05, 3.63) is 53.1 Å². The normalized spacial score (nSPS) is 14.7. The number of aryl methyl sites for hydroxylation is 2. The molecule has 0 atom stereocenters. The van der Waals surface area contributed by atoms with E-state index < -0.39 is 0 Å². The molecule has 2 heterocycles. The molecule has 0 radical (unpaired) electrons. The van der Waals surface area contributed by atoms with Gasteiger partial charge in [0.2, 0.25) is 0 Å². The van der Waals surface area contributed by atoms with Gasteiger partial charge in [0, 0.05) is 24.0 Å². The Balaban J connectivity index is 1.89. The zero-order valence-corrected chi connectivity index (χ0v) is 13.3. The van der Waals surface area contributed by atoms with E-state index in [0.29, 0.717) is 25.3 Å². The van der Waals surface area contributed by atoms with Crippen LogP contribution < -0.4 is 0 Å². The van der Waals surface area contributed by atoms with E-state index in [1.54, 1.807) is 30.2 Å². The number of amides is 1. The number of pyridine rings is 1. The molecule has 1 aromatic heterocycles. The number of rotatable bonds is 3. The summed E-state index contributed by atoms with van der Waals surface area (Å²) in [5.74, 6) is -0.217. The lowest BCUT2D eigenvalue weighted by Gasteiger charge is -2.26. The number of ether oxygens (including phenoxy) is 1. The van der Waals surface area contributed by atoms with Gasteiger partial charge in [0.25, 0.3) is 0 Å². The minimum Gasteiger partial charge on any atom is -0.449 e. The molecule has 0 unspecified atom stereocenters. The van der Waals surface area contributed by atoms with Crippen LogP contribution in [0.15, 0.2) is 30.5 Å². The van der Waals surface area contributed by atoms with Crippen molar-refractivity contribution in [2.45, 2.75) is 26.8 Å². The highest BCUT2D eigenvalue weighted by atomic mass is 19.1. The fourth-order valence-electron chi connectivity index (χ4n) is 2.67. The van der Waals surface area contributed by atoms with E-state index in [-0.39, 0.29) is 11.9 Å². The lowest BCUT2D eigenvalue weighted by atomic mass is 10.0. The Bertz CT molecular complexity index is 746. The molecule has 1 amide bonds. The van der Waals surface area contributed by atoms with Gasteiger partial charge >= 0.3 is 6.09 Å². The SMILES string of the molecule is Cc1cc(-c2cnc(C)c(CN3CCCOC3=O)c2)ccc1F. The summed E-state index contributed by atoms with van der Waals surface area (Å²) in [5.41, 5.74) is 4.29. The summed E-state index contributed by atoms with van der Waals surface area (Å²) in [6.07, 6.45) is 2.34. The number of carbonyl (C=O) groups excluding carboxylic acids is 1. The van der Waals surface area contributed by atoms with Crippen LogP contribution in [0.2, 0.25) is 0 Å². The van der Waals surface area contributed by atoms with Crippen LogP contribution in [-0.4, -0.2) is 29.1 Å². The second-order valence-electron chi connectivity index (χ2n) is 5.82. The van der Waals surface area contributed by atoms with Gasteiger partial charge in [0.15, 0.2) is 0 Å². The van der Waals surface area contributed by atoms with Crippen molar-refractivity contribution in [3.63, 3.8) is 0 Å². The molecule has 0 aliphatic carbocycles. The molecule has 1 aliphatic rings. The largest absolute Gasteiger partial charge is 0.449 e. The highest BCUT2D eigenvalue weighted by molar-refractivity contribution is 5.69. The zero-order valence-electron chi connectivity index (χ0n) is 13.3. The maximum atomic E-state index is 13.4. The Kier molecular flexibility index (Phi) is 4.28. The van der Waals surface area contributed by atoms with E-state index in [4.69, 9.17) is 4.74 Å². The van der Waals surface area contributed by atoms with Gasteiger partial charge < -0.3 is 9.64 Å². The second-order valence-corrected chi connectivity index (χ2v) is 5.82. The summed E-state index contributed by atoms with van der Waals surface area (Å²) in [6, 6.07) is 7.03. The summed E-state index contributed by atoms with van der Waals surface area (Å²) in [7, 11) is 0. The van der Waals surface area contributed by atoms with Gasteiger partial charge in [-0.1, -0.05) is 6.07 Å². The minimum absolute atomic E-state index is 0.217. The highest BCUT2D eigenvalue weighted by Crippen LogP contribution is 2.24. The third-order valence-corrected chi connectivity index (χ3v) is 4.10. The zero-order chi connectivity index (χ0) is 16.4. The molecule has 0 N–H and O–H groups in total. The van der Waals surface area contributed by atoms with E-state index in [2.05, 4.69) is 4.98 Å². The van der Waals surface area contributed by atoms with Gasteiger partial charge in [-0.2, -0.15) is 0 Å². The Morgan fingerprint density at radius 2 is 2.09 bits per heavy atom. The first-order valence-corrected chi connectivity index (χ1v) is 7.68. The quantitative estimate of drug-likeness (QED) is 0.864. The van der Waals surface area contributed by atoms with Gasteiger partial charge in [-0.15, -0.1) is 0 Å². The van der Waals surface area contributed by atoms with Crippen molar-refractivity contribution < 1.29 is 13.9 Å². The monoisotopic (exact) mass is 314 g/mol. The summed E-state index contributed by atoms with van der Waals surface area (Å²) in [5, 5.41) is 0. The Labute approximate surface area is 134 Å². The van der Waals surface area contributed by atoms with Crippen molar-refractivity contribution >= 4 is 6.09 Å². The van der Waals surface area contributed by atoms with Crippen LogP contribution in [0.1, 0.15) is 23.2 Å². The third kappa shape index (κ3) is 3.33. The first-order chi connectivity index (χ1) is 11.0. The maximum absolute atomic E-state index is 13.4. The van der Waals surface area contributed by atoms with Crippen molar-refractivity contribution in [2.24, 2.45) is 0 Å². The second kappa shape index (κ2) is 6.36. The molecule has 5 heteroatoms. The molecular weight excluding hydrogens is 295 g/mol. The number of hydrogen-bond donors (Lipinski definition) is 0. The Morgan fingerprint density at radius 1 is 1.26 bits per heavy atom. The molecule has 0 spiro atoms. The number of hydrogen-bond acceptors (Lipinski definition) is 3. The first kappa shape index (κ1) is 15.5. The number of nitrogens with zero attached hydrogens (tertiary/aromatic N) is 2. The molecule has 1 saturated heterocycles. The van der Waals surface area contributed by atoms with Crippen molar-refractivity contribution in [3.8, 4) is 11.1 Å². The number of carbonyl (C=O) groups is 1. The minimum atomic E-state index is -0.279. The van der Waals surface area contributed by atoms with E-state index in [1.807, 2.05) is 13.0 Å². The summed E-state index contributed by atoms with van der Waals surface area (Å²) in [4.78, 5) is 17.9. The third-order valence-electron chi connectivity index (χ3n) is 4.10. The summed E-state index contributed by atoms with van der Waals surface area (Å²) in [6.45, 7) is 5.32. The van der Waals surface area contributed by atoms with Crippen molar-refractivity contribution in [2.75, 3.05) is 13.2 Å². The van der Waals surface area contributed by atoms with Gasteiger partial charge in [-0.25, -0.2) is 9.18 Å². The van der Waals surface area contributed by atoms with Crippen LogP contribution in [0.25, 0.3) is 11.1 Å². The smallest absolute Gasteiger partial charge is 0.410 e. The standard InChI is InChI=1S/C18H19FN2O2/c1-12-8-14(4-5-17(12)19)15-9-16(13(2)20-10-15)11-21-6-3-7-23-18(21)22/h4-5,8-10H,3,6-7,11H2,1-2H3. The number of halogens is 1. The first-order valence-electron chi connectivity index (χ1n) is 7.68. The van der Waals surface area contributed by atoms with Gasteiger partial charge in [-0.05, 0) is 55.2 Å². The number of aromatic nitrogens is 1. The molecule has 2 aromatic rings. The molecule has 0 saturated carbocycles. The average molecular weight is 314 g/mol. The van der Waals surface area contributed by atoms with Crippen LogP contribution in [0.3, 0.4) is 0 Å². The molecule has 0 bridgehead atoms. The molecule has 3 rings (SSSR count). The van der Waals surface area contributed by atoms with Crippen LogP contribution >= 0.6 is 0 Å². The molecule has 23 heavy (non-hydrogen) atoms. The van der Waals surface area contributed by atoms with Gasteiger partial charge in [-0.3, -0.25) is 4.98 Å².